The largest absolute Gasteiger partial charge is 0.288 e. The Labute approximate surface area is 126 Å². The molecule has 2 rings (SSSR count). The highest BCUT2D eigenvalue weighted by molar-refractivity contribution is 5.59. The predicted octanol–water partition coefficient (Wildman–Crippen LogP) is 5.85. The molecule has 1 aliphatic rings. The molecule has 0 bridgehead atoms. The van der Waals surface area contributed by atoms with Gasteiger partial charge in [-0.3, -0.25) is 10.0 Å². The highest BCUT2D eigenvalue weighted by atomic mass is 15.6. The van der Waals surface area contributed by atoms with E-state index >= 15 is 0 Å². The molecule has 1 aromatic carbocycles. The summed E-state index contributed by atoms with van der Waals surface area (Å²) in [5.41, 5.74) is 4.72. The fraction of sp³-hybridized carbons (Fsp3) is 0.444. The van der Waals surface area contributed by atoms with Crippen LogP contribution in [0.2, 0.25) is 0 Å². The molecule has 0 saturated heterocycles. The van der Waals surface area contributed by atoms with E-state index in [1.165, 1.54) is 11.3 Å². The van der Waals surface area contributed by atoms with Crippen molar-refractivity contribution in [1.29, 1.82) is 0 Å². The van der Waals surface area contributed by atoms with Crippen molar-refractivity contribution in [3.8, 4) is 0 Å². The molecule has 20 heavy (non-hydrogen) atoms. The van der Waals surface area contributed by atoms with Gasteiger partial charge in [-0.2, -0.15) is 0 Å². The Morgan fingerprint density at radius 3 is 1.70 bits per heavy atom. The number of allylic oxidation sites excluding steroid dienone is 2. The van der Waals surface area contributed by atoms with Gasteiger partial charge in [-0.1, -0.05) is 59.9 Å². The van der Waals surface area contributed by atoms with E-state index in [1.54, 1.807) is 0 Å². The minimum absolute atomic E-state index is 0. The minimum Gasteiger partial charge on any atom is -0.288 e. The SMILES string of the molecule is C.C=C1C(C)=C(C)N(C)N1c1ccccc1.CC.CC. The number of hydrogen-bond donors (Lipinski definition) is 0. The number of hydrogen-bond acceptors (Lipinski definition) is 2. The third kappa shape index (κ3) is 4.16. The van der Waals surface area contributed by atoms with Crippen LogP contribution in [-0.4, -0.2) is 12.1 Å². The Bertz CT molecular complexity index is 418. The van der Waals surface area contributed by atoms with Crippen LogP contribution in [0.25, 0.3) is 0 Å². The normalized spacial score (nSPS) is 13.1. The van der Waals surface area contributed by atoms with Crippen molar-refractivity contribution in [2.24, 2.45) is 0 Å². The van der Waals surface area contributed by atoms with Crippen LogP contribution in [0.1, 0.15) is 49.0 Å². The number of para-hydroxylation sites is 1. The predicted molar refractivity (Wildman–Crippen MR) is 93.6 cm³/mol. The van der Waals surface area contributed by atoms with Gasteiger partial charge in [0.1, 0.15) is 0 Å². The van der Waals surface area contributed by atoms with Crippen molar-refractivity contribution in [3.63, 3.8) is 0 Å². The second kappa shape index (κ2) is 10.1. The molecule has 0 atom stereocenters. The van der Waals surface area contributed by atoms with E-state index in [1.807, 2.05) is 45.9 Å². The average molecular weight is 276 g/mol. The fourth-order valence-electron chi connectivity index (χ4n) is 1.84. The third-order valence-corrected chi connectivity index (χ3v) is 3.02. The van der Waals surface area contributed by atoms with Crippen LogP contribution in [0.5, 0.6) is 0 Å². The Hall–Kier alpha value is -1.70. The summed E-state index contributed by atoms with van der Waals surface area (Å²) < 4.78 is 0. The first-order chi connectivity index (χ1) is 9.13. The zero-order valence-corrected chi connectivity index (χ0v) is 13.5. The first kappa shape index (κ1) is 20.6. The second-order valence-corrected chi connectivity index (χ2v) is 3.83. The molecule has 0 aromatic heterocycles. The molecule has 0 amide bonds. The van der Waals surface area contributed by atoms with Crippen LogP contribution >= 0.6 is 0 Å². The van der Waals surface area contributed by atoms with Gasteiger partial charge in [0.2, 0.25) is 0 Å². The van der Waals surface area contributed by atoms with E-state index in [4.69, 9.17) is 0 Å². The summed E-state index contributed by atoms with van der Waals surface area (Å²) in [6, 6.07) is 10.3. The minimum atomic E-state index is 0. The summed E-state index contributed by atoms with van der Waals surface area (Å²) in [7, 11) is 2.06. The van der Waals surface area contributed by atoms with Crippen LogP contribution in [0.4, 0.5) is 5.69 Å². The summed E-state index contributed by atoms with van der Waals surface area (Å²) in [6.07, 6.45) is 0. The molecule has 0 radical (unpaired) electrons. The molecule has 0 aliphatic carbocycles. The number of anilines is 1. The quantitative estimate of drug-likeness (QED) is 0.635. The molecular weight excluding hydrogens is 244 g/mol. The maximum atomic E-state index is 4.12. The Morgan fingerprint density at radius 1 is 0.900 bits per heavy atom. The van der Waals surface area contributed by atoms with Gasteiger partial charge in [0.15, 0.2) is 0 Å². The van der Waals surface area contributed by atoms with Gasteiger partial charge in [-0.15, -0.1) is 0 Å². The molecule has 0 unspecified atom stereocenters. The van der Waals surface area contributed by atoms with Crippen molar-refractivity contribution >= 4 is 5.69 Å². The lowest BCUT2D eigenvalue weighted by Gasteiger charge is -2.30. The highest BCUT2D eigenvalue weighted by Crippen LogP contribution is 2.33. The summed E-state index contributed by atoms with van der Waals surface area (Å²) in [5, 5.41) is 4.26. The molecule has 2 heteroatoms. The molecule has 0 spiro atoms. The number of rotatable bonds is 1. The van der Waals surface area contributed by atoms with Gasteiger partial charge >= 0.3 is 0 Å². The van der Waals surface area contributed by atoms with E-state index < -0.39 is 0 Å². The van der Waals surface area contributed by atoms with E-state index in [-0.39, 0.29) is 7.43 Å². The summed E-state index contributed by atoms with van der Waals surface area (Å²) in [4.78, 5) is 0. The number of benzene rings is 1. The molecule has 114 valence electrons. The van der Waals surface area contributed by atoms with Crippen LogP contribution in [0.15, 0.2) is 53.9 Å². The lowest BCUT2D eigenvalue weighted by atomic mass is 10.2. The van der Waals surface area contributed by atoms with Gasteiger partial charge in [-0.25, -0.2) is 0 Å². The van der Waals surface area contributed by atoms with Crippen molar-refractivity contribution in [2.75, 3.05) is 12.1 Å². The molecule has 2 nitrogen and oxygen atoms in total. The highest BCUT2D eigenvalue weighted by Gasteiger charge is 2.25. The van der Waals surface area contributed by atoms with E-state index in [9.17, 15) is 0 Å². The first-order valence-electron chi connectivity index (χ1n) is 7.08. The molecule has 0 N–H and O–H groups in total. The zero-order valence-electron chi connectivity index (χ0n) is 13.5. The smallest absolute Gasteiger partial charge is 0.0632 e. The Kier molecular flexibility index (Phi) is 10.4. The van der Waals surface area contributed by atoms with Crippen molar-refractivity contribution in [2.45, 2.75) is 49.0 Å². The summed E-state index contributed by atoms with van der Waals surface area (Å²) in [5.74, 6) is 0. The number of hydrazine groups is 1. The van der Waals surface area contributed by atoms with Gasteiger partial charge in [-0.05, 0) is 31.6 Å². The molecule has 1 aliphatic heterocycles. The molecular formula is C18H32N2. The Balaban J connectivity index is 0. The monoisotopic (exact) mass is 276 g/mol. The van der Waals surface area contributed by atoms with E-state index in [2.05, 4.69) is 49.6 Å². The number of nitrogens with zero attached hydrogens (tertiary/aromatic N) is 2. The molecule has 0 fully saturated rings. The molecule has 0 saturated carbocycles. The summed E-state index contributed by atoms with van der Waals surface area (Å²) >= 11 is 0. The molecule has 1 heterocycles. The van der Waals surface area contributed by atoms with Crippen LogP contribution in [-0.2, 0) is 0 Å². The standard InChI is InChI=1S/C13H16N2.2C2H6.CH4/c1-10-11(2)14(4)15(12(10)3)13-8-6-5-7-9-13;2*1-2;/h5-9H,3H2,1-2,4H3;2*1-2H3;1H4. The molecule has 1 aromatic rings. The fourth-order valence-corrected chi connectivity index (χ4v) is 1.84. The lowest BCUT2D eigenvalue weighted by molar-refractivity contribution is 0.438. The summed E-state index contributed by atoms with van der Waals surface area (Å²) in [6.45, 7) is 16.3. The van der Waals surface area contributed by atoms with E-state index in [0.29, 0.717) is 0 Å². The van der Waals surface area contributed by atoms with Crippen molar-refractivity contribution in [3.05, 3.63) is 53.9 Å². The van der Waals surface area contributed by atoms with E-state index in [0.717, 1.165) is 11.4 Å². The van der Waals surface area contributed by atoms with Crippen LogP contribution < -0.4 is 5.01 Å². The first-order valence-corrected chi connectivity index (χ1v) is 7.08. The van der Waals surface area contributed by atoms with Crippen LogP contribution in [0, 0.1) is 0 Å². The third-order valence-electron chi connectivity index (χ3n) is 3.02. The lowest BCUT2D eigenvalue weighted by Crippen LogP contribution is -2.32. The van der Waals surface area contributed by atoms with Gasteiger partial charge in [0, 0.05) is 12.7 Å². The maximum Gasteiger partial charge on any atom is 0.0632 e. The van der Waals surface area contributed by atoms with Gasteiger partial charge in [0.05, 0.1) is 11.4 Å². The topological polar surface area (TPSA) is 6.48 Å². The van der Waals surface area contributed by atoms with Crippen LogP contribution in [0.3, 0.4) is 0 Å². The Morgan fingerprint density at radius 2 is 1.35 bits per heavy atom. The van der Waals surface area contributed by atoms with Gasteiger partial charge in [0.25, 0.3) is 0 Å². The van der Waals surface area contributed by atoms with Gasteiger partial charge < -0.3 is 0 Å². The average Bonchev–Trinajstić information content (AvgIpc) is 2.68. The maximum absolute atomic E-state index is 4.12. The zero-order chi connectivity index (χ0) is 15.0. The van der Waals surface area contributed by atoms with Crippen molar-refractivity contribution in [1.82, 2.24) is 5.01 Å². The van der Waals surface area contributed by atoms with Crippen molar-refractivity contribution < 1.29 is 0 Å². The second-order valence-electron chi connectivity index (χ2n) is 3.83.